The lowest BCUT2D eigenvalue weighted by molar-refractivity contribution is 0.102. The van der Waals surface area contributed by atoms with E-state index in [2.05, 4.69) is 20.4 Å². The Bertz CT molecular complexity index is 1440. The first-order chi connectivity index (χ1) is 16.7. The molecule has 1 amide bonds. The van der Waals surface area contributed by atoms with Crippen molar-refractivity contribution in [3.63, 3.8) is 0 Å². The number of halogens is 1. The number of amides is 1. The van der Waals surface area contributed by atoms with E-state index in [4.69, 9.17) is 4.74 Å². The molecule has 0 aliphatic heterocycles. The van der Waals surface area contributed by atoms with Crippen LogP contribution in [0.25, 0.3) is 22.2 Å². The normalized spacial score (nSPS) is 10.9. The van der Waals surface area contributed by atoms with Gasteiger partial charge in [0, 0.05) is 22.7 Å². The Balaban J connectivity index is 1.38. The smallest absolute Gasteiger partial charge is 0.256 e. The van der Waals surface area contributed by atoms with Crippen molar-refractivity contribution in [1.82, 2.24) is 19.7 Å². The maximum atomic E-state index is 13.4. The van der Waals surface area contributed by atoms with E-state index in [9.17, 15) is 9.18 Å². The number of pyridine rings is 1. The van der Waals surface area contributed by atoms with E-state index in [1.54, 1.807) is 41.3 Å². The predicted molar refractivity (Wildman–Crippen MR) is 127 cm³/mol. The van der Waals surface area contributed by atoms with E-state index >= 15 is 0 Å². The van der Waals surface area contributed by atoms with Crippen LogP contribution in [0.1, 0.15) is 10.4 Å². The highest BCUT2D eigenvalue weighted by Crippen LogP contribution is 2.26. The van der Waals surface area contributed by atoms with Gasteiger partial charge in [0.15, 0.2) is 0 Å². The number of benzene rings is 3. The van der Waals surface area contributed by atoms with Gasteiger partial charge in [-0.1, -0.05) is 24.3 Å². The number of ether oxygens (including phenoxy) is 1. The Labute approximate surface area is 194 Å². The van der Waals surface area contributed by atoms with Crippen LogP contribution in [0.5, 0.6) is 5.75 Å². The standard InChI is InChI=1S/C26H20FN5O2/c27-19-10-8-18(9-11-19)25-15-23(22-6-1-2-7-24(22)31-25)26(33)30-20-4-3-5-21(14-20)34-13-12-32-17-28-16-29-32/h1-11,14-17H,12-13H2,(H,30,33). The molecule has 0 unspecified atom stereocenters. The van der Waals surface area contributed by atoms with Crippen LogP contribution in [0.15, 0.2) is 91.5 Å². The average molecular weight is 453 g/mol. The van der Waals surface area contributed by atoms with E-state index in [1.807, 2.05) is 36.4 Å². The van der Waals surface area contributed by atoms with Crippen LogP contribution in [-0.4, -0.2) is 32.3 Å². The summed E-state index contributed by atoms with van der Waals surface area (Å²) in [7, 11) is 0. The van der Waals surface area contributed by atoms with Gasteiger partial charge in [0.2, 0.25) is 0 Å². The highest BCUT2D eigenvalue weighted by molar-refractivity contribution is 6.13. The van der Waals surface area contributed by atoms with Gasteiger partial charge in [-0.3, -0.25) is 4.79 Å². The van der Waals surface area contributed by atoms with Crippen LogP contribution in [0.3, 0.4) is 0 Å². The number of carbonyl (C=O) groups excluding carboxylic acids is 1. The zero-order chi connectivity index (χ0) is 23.3. The van der Waals surface area contributed by atoms with Gasteiger partial charge in [-0.25, -0.2) is 19.0 Å². The molecule has 2 aromatic heterocycles. The Morgan fingerprint density at radius 3 is 2.68 bits per heavy atom. The van der Waals surface area contributed by atoms with Gasteiger partial charge < -0.3 is 10.1 Å². The number of nitrogens with zero attached hydrogens (tertiary/aromatic N) is 4. The van der Waals surface area contributed by atoms with Gasteiger partial charge in [0.1, 0.15) is 30.8 Å². The fraction of sp³-hybridized carbons (Fsp3) is 0.0769. The van der Waals surface area contributed by atoms with Crippen LogP contribution >= 0.6 is 0 Å². The first kappa shape index (κ1) is 21.3. The summed E-state index contributed by atoms with van der Waals surface area (Å²) < 4.78 is 20.8. The van der Waals surface area contributed by atoms with Gasteiger partial charge in [-0.05, 0) is 48.5 Å². The maximum absolute atomic E-state index is 13.4. The summed E-state index contributed by atoms with van der Waals surface area (Å²) >= 11 is 0. The van der Waals surface area contributed by atoms with Crippen LogP contribution in [0.4, 0.5) is 10.1 Å². The minimum atomic E-state index is -0.328. The van der Waals surface area contributed by atoms with Gasteiger partial charge >= 0.3 is 0 Å². The predicted octanol–water partition coefficient (Wildman–Crippen LogP) is 4.96. The third-order valence-corrected chi connectivity index (χ3v) is 5.25. The monoisotopic (exact) mass is 453 g/mol. The molecule has 8 heteroatoms. The molecule has 7 nitrogen and oxygen atoms in total. The second-order valence-electron chi connectivity index (χ2n) is 7.57. The summed E-state index contributed by atoms with van der Waals surface area (Å²) in [5.74, 6) is 0.0251. The molecule has 0 fully saturated rings. The quantitative estimate of drug-likeness (QED) is 0.377. The van der Waals surface area contributed by atoms with Crippen molar-refractivity contribution in [3.8, 4) is 17.0 Å². The summed E-state index contributed by atoms with van der Waals surface area (Å²) in [4.78, 5) is 21.9. The number of carbonyl (C=O) groups is 1. The molecule has 0 bridgehead atoms. The number of fused-ring (bicyclic) bond motifs is 1. The van der Waals surface area contributed by atoms with E-state index < -0.39 is 0 Å². The summed E-state index contributed by atoms with van der Waals surface area (Å²) in [6.45, 7) is 0.975. The summed E-state index contributed by atoms with van der Waals surface area (Å²) in [6.07, 6.45) is 3.10. The molecule has 5 aromatic rings. The average Bonchev–Trinajstić information content (AvgIpc) is 3.38. The molecule has 0 saturated carbocycles. The molecule has 0 aliphatic rings. The summed E-state index contributed by atoms with van der Waals surface area (Å²) in [5.41, 5.74) is 3.08. The van der Waals surface area contributed by atoms with Gasteiger partial charge in [0.05, 0.1) is 23.3 Å². The van der Waals surface area contributed by atoms with Crippen LogP contribution < -0.4 is 10.1 Å². The Morgan fingerprint density at radius 1 is 1.00 bits per heavy atom. The number of anilines is 1. The lowest BCUT2D eigenvalue weighted by Gasteiger charge is -2.12. The first-order valence-electron chi connectivity index (χ1n) is 10.7. The second-order valence-corrected chi connectivity index (χ2v) is 7.57. The van der Waals surface area contributed by atoms with Gasteiger partial charge in [-0.2, -0.15) is 5.10 Å². The molecule has 1 N–H and O–H groups in total. The van der Waals surface area contributed by atoms with Crippen molar-refractivity contribution in [1.29, 1.82) is 0 Å². The number of para-hydroxylation sites is 1. The zero-order valence-electron chi connectivity index (χ0n) is 18.1. The first-order valence-corrected chi connectivity index (χ1v) is 10.7. The SMILES string of the molecule is O=C(Nc1cccc(OCCn2cncn2)c1)c1cc(-c2ccc(F)cc2)nc2ccccc12. The van der Waals surface area contributed by atoms with E-state index in [-0.39, 0.29) is 11.7 Å². The van der Waals surface area contributed by atoms with Crippen LogP contribution in [0.2, 0.25) is 0 Å². The zero-order valence-corrected chi connectivity index (χ0v) is 18.1. The topological polar surface area (TPSA) is 81.9 Å². The third-order valence-electron chi connectivity index (χ3n) is 5.25. The summed E-state index contributed by atoms with van der Waals surface area (Å²) in [6, 6.07) is 22.4. The molecule has 0 atom stereocenters. The highest BCUT2D eigenvalue weighted by Gasteiger charge is 2.15. The van der Waals surface area contributed by atoms with Crippen LogP contribution in [0, 0.1) is 5.82 Å². The minimum Gasteiger partial charge on any atom is -0.492 e. The molecule has 168 valence electrons. The molecule has 0 aliphatic carbocycles. The van der Waals surface area contributed by atoms with Crippen molar-refractivity contribution in [2.24, 2.45) is 0 Å². The largest absolute Gasteiger partial charge is 0.492 e. The highest BCUT2D eigenvalue weighted by atomic mass is 19.1. The van der Waals surface area contributed by atoms with Crippen molar-refractivity contribution < 1.29 is 13.9 Å². The molecule has 0 spiro atoms. The lowest BCUT2D eigenvalue weighted by Crippen LogP contribution is -2.13. The number of hydrogen-bond acceptors (Lipinski definition) is 5. The molecule has 34 heavy (non-hydrogen) atoms. The third kappa shape index (κ3) is 4.75. The van der Waals surface area contributed by atoms with Crippen molar-refractivity contribution in [2.75, 3.05) is 11.9 Å². The molecule has 5 rings (SSSR count). The number of hydrogen-bond donors (Lipinski definition) is 1. The molecular weight excluding hydrogens is 433 g/mol. The maximum Gasteiger partial charge on any atom is 0.256 e. The van der Waals surface area contributed by atoms with E-state index in [0.29, 0.717) is 41.4 Å². The van der Waals surface area contributed by atoms with Crippen molar-refractivity contribution in [2.45, 2.75) is 6.54 Å². The van der Waals surface area contributed by atoms with Crippen LogP contribution in [-0.2, 0) is 6.54 Å². The van der Waals surface area contributed by atoms with Gasteiger partial charge in [-0.15, -0.1) is 0 Å². The lowest BCUT2D eigenvalue weighted by atomic mass is 10.0. The number of aromatic nitrogens is 4. The van der Waals surface area contributed by atoms with Gasteiger partial charge in [0.25, 0.3) is 5.91 Å². The fourth-order valence-corrected chi connectivity index (χ4v) is 3.60. The van der Waals surface area contributed by atoms with E-state index in [0.717, 1.165) is 10.9 Å². The molecule has 2 heterocycles. The Morgan fingerprint density at radius 2 is 1.85 bits per heavy atom. The minimum absolute atomic E-state index is 0.276. The number of rotatable bonds is 7. The van der Waals surface area contributed by atoms with Crippen molar-refractivity contribution in [3.05, 3.63) is 103 Å². The second kappa shape index (κ2) is 9.50. The van der Waals surface area contributed by atoms with Crippen molar-refractivity contribution >= 4 is 22.5 Å². The Hall–Kier alpha value is -4.59. The summed E-state index contributed by atoms with van der Waals surface area (Å²) in [5, 5.41) is 7.72. The molecule has 0 saturated heterocycles. The fourth-order valence-electron chi connectivity index (χ4n) is 3.60. The number of nitrogens with one attached hydrogen (secondary N) is 1. The Kier molecular flexibility index (Phi) is 5.94. The molecule has 0 radical (unpaired) electrons. The molecular formula is C26H20FN5O2. The molecule has 3 aromatic carbocycles. The van der Waals surface area contributed by atoms with E-state index in [1.165, 1.54) is 18.5 Å².